The minimum Gasteiger partial charge on any atom is -0.443 e. The van der Waals surface area contributed by atoms with Gasteiger partial charge in [-0.3, -0.25) is 0 Å². The van der Waals surface area contributed by atoms with E-state index in [1.54, 1.807) is 0 Å². The van der Waals surface area contributed by atoms with Gasteiger partial charge in [0.1, 0.15) is 12.3 Å². The van der Waals surface area contributed by atoms with Crippen LogP contribution in [0.5, 0.6) is 0 Å². The molecule has 1 aliphatic rings. The fourth-order valence-corrected chi connectivity index (χ4v) is 1.82. The number of carbonyl (C=O) groups excluding carboxylic acids is 1. The Hall–Kier alpha value is -0.840. The maximum atomic E-state index is 13.5. The molecule has 4 nitrogen and oxygen atoms in total. The number of nitrogens with zero attached hydrogens (tertiary/aromatic N) is 1. The SMILES string of the molecule is CN(C)[C@@H]1CC[C@@H](OC(N)=O)[C@@H](F)C1. The molecule has 1 saturated carbocycles. The highest BCUT2D eigenvalue weighted by atomic mass is 19.1. The molecule has 1 aliphatic carbocycles. The molecule has 0 spiro atoms. The second-order valence-electron chi connectivity index (χ2n) is 3.92. The Morgan fingerprint density at radius 3 is 2.57 bits per heavy atom. The van der Waals surface area contributed by atoms with Gasteiger partial charge in [-0.25, -0.2) is 9.18 Å². The summed E-state index contributed by atoms with van der Waals surface area (Å²) in [6, 6.07) is 0.234. The molecule has 2 N–H and O–H groups in total. The molecule has 1 amide bonds. The molecule has 1 fully saturated rings. The van der Waals surface area contributed by atoms with Crippen LogP contribution in [0.4, 0.5) is 9.18 Å². The number of amides is 1. The van der Waals surface area contributed by atoms with Gasteiger partial charge in [0.2, 0.25) is 0 Å². The van der Waals surface area contributed by atoms with Gasteiger partial charge < -0.3 is 15.4 Å². The summed E-state index contributed by atoms with van der Waals surface area (Å²) in [6.45, 7) is 0. The molecule has 3 atom stereocenters. The molecule has 0 radical (unpaired) electrons. The van der Waals surface area contributed by atoms with Crippen molar-refractivity contribution in [2.24, 2.45) is 5.73 Å². The number of hydrogen-bond donors (Lipinski definition) is 1. The third-order valence-electron chi connectivity index (χ3n) is 2.68. The summed E-state index contributed by atoms with van der Waals surface area (Å²) in [7, 11) is 3.85. The summed E-state index contributed by atoms with van der Waals surface area (Å²) in [5.41, 5.74) is 4.84. The Morgan fingerprint density at radius 2 is 2.14 bits per heavy atom. The minimum absolute atomic E-state index is 0.234. The standard InChI is InChI=1S/C9H17FN2O2/c1-12(2)6-3-4-8(7(10)5-6)14-9(11)13/h6-8H,3-5H2,1-2H3,(H2,11,13)/t6-,7+,8-/m1/s1. The van der Waals surface area contributed by atoms with E-state index in [1.807, 2.05) is 19.0 Å². The average Bonchev–Trinajstić information content (AvgIpc) is 2.07. The molecule has 5 heteroatoms. The molecule has 0 aromatic rings. The lowest BCUT2D eigenvalue weighted by Gasteiger charge is -2.34. The van der Waals surface area contributed by atoms with E-state index in [1.165, 1.54) is 0 Å². The Kier molecular flexibility index (Phi) is 3.69. The van der Waals surface area contributed by atoms with E-state index in [0.717, 1.165) is 6.42 Å². The molecule has 0 unspecified atom stereocenters. The van der Waals surface area contributed by atoms with E-state index in [0.29, 0.717) is 12.8 Å². The Balaban J connectivity index is 2.43. The molecule has 82 valence electrons. The number of ether oxygens (including phenoxy) is 1. The minimum atomic E-state index is -1.09. The smallest absolute Gasteiger partial charge is 0.404 e. The van der Waals surface area contributed by atoms with Gasteiger partial charge >= 0.3 is 6.09 Å². The Labute approximate surface area is 83.2 Å². The van der Waals surface area contributed by atoms with Crippen molar-refractivity contribution in [2.45, 2.75) is 37.6 Å². The summed E-state index contributed by atoms with van der Waals surface area (Å²) in [5, 5.41) is 0. The third kappa shape index (κ3) is 2.83. The predicted octanol–water partition coefficient (Wildman–Crippen LogP) is 0.902. The summed E-state index contributed by atoms with van der Waals surface area (Å²) >= 11 is 0. The maximum absolute atomic E-state index is 13.5. The lowest BCUT2D eigenvalue weighted by atomic mass is 9.91. The molecule has 0 saturated heterocycles. The summed E-state index contributed by atoms with van der Waals surface area (Å²) < 4.78 is 18.1. The van der Waals surface area contributed by atoms with Crippen molar-refractivity contribution >= 4 is 6.09 Å². The highest BCUT2D eigenvalue weighted by Crippen LogP contribution is 2.26. The van der Waals surface area contributed by atoms with Crippen LogP contribution in [0.25, 0.3) is 0 Å². The topological polar surface area (TPSA) is 55.6 Å². The third-order valence-corrected chi connectivity index (χ3v) is 2.68. The zero-order chi connectivity index (χ0) is 10.7. The van der Waals surface area contributed by atoms with Gasteiger partial charge in [-0.2, -0.15) is 0 Å². The second kappa shape index (κ2) is 4.59. The highest BCUT2D eigenvalue weighted by Gasteiger charge is 2.33. The fourth-order valence-electron chi connectivity index (χ4n) is 1.82. The van der Waals surface area contributed by atoms with Crippen molar-refractivity contribution in [3.63, 3.8) is 0 Å². The maximum Gasteiger partial charge on any atom is 0.404 e. The zero-order valence-electron chi connectivity index (χ0n) is 8.57. The van der Waals surface area contributed by atoms with Crippen LogP contribution in [0, 0.1) is 0 Å². The highest BCUT2D eigenvalue weighted by molar-refractivity contribution is 5.64. The number of halogens is 1. The van der Waals surface area contributed by atoms with Crippen molar-refractivity contribution < 1.29 is 13.9 Å². The molecule has 0 bridgehead atoms. The number of hydrogen-bond acceptors (Lipinski definition) is 3. The van der Waals surface area contributed by atoms with E-state index < -0.39 is 18.4 Å². The zero-order valence-corrected chi connectivity index (χ0v) is 8.57. The summed E-state index contributed by atoms with van der Waals surface area (Å²) in [6.07, 6.45) is -0.836. The summed E-state index contributed by atoms with van der Waals surface area (Å²) in [5.74, 6) is 0. The van der Waals surface area contributed by atoms with Gasteiger partial charge in [0.25, 0.3) is 0 Å². The molecule has 1 rings (SSSR count). The first kappa shape index (κ1) is 11.2. The Morgan fingerprint density at radius 1 is 1.50 bits per heavy atom. The van der Waals surface area contributed by atoms with Gasteiger partial charge in [0.15, 0.2) is 0 Å². The normalized spacial score (nSPS) is 33.0. The lowest BCUT2D eigenvalue weighted by Crippen LogP contribution is -2.42. The van der Waals surface area contributed by atoms with Gasteiger partial charge in [0, 0.05) is 6.04 Å². The van der Waals surface area contributed by atoms with Crippen LogP contribution >= 0.6 is 0 Å². The van der Waals surface area contributed by atoms with Crippen LogP contribution in [-0.2, 0) is 4.74 Å². The first-order valence-electron chi connectivity index (χ1n) is 4.77. The Bertz CT molecular complexity index is 211. The molecular weight excluding hydrogens is 187 g/mol. The largest absolute Gasteiger partial charge is 0.443 e. The molecule has 14 heavy (non-hydrogen) atoms. The first-order chi connectivity index (χ1) is 6.50. The molecule has 0 aliphatic heterocycles. The van der Waals surface area contributed by atoms with Crippen LogP contribution < -0.4 is 5.73 Å². The van der Waals surface area contributed by atoms with Crippen molar-refractivity contribution in [3.05, 3.63) is 0 Å². The molecule has 0 aromatic heterocycles. The lowest BCUT2D eigenvalue weighted by molar-refractivity contribution is 0.00319. The van der Waals surface area contributed by atoms with Gasteiger partial charge in [-0.05, 0) is 33.4 Å². The number of carbonyl (C=O) groups is 1. The van der Waals surface area contributed by atoms with Gasteiger partial charge in [-0.1, -0.05) is 0 Å². The van der Waals surface area contributed by atoms with E-state index in [4.69, 9.17) is 5.73 Å². The number of alkyl halides is 1. The van der Waals surface area contributed by atoms with Crippen molar-refractivity contribution in [2.75, 3.05) is 14.1 Å². The van der Waals surface area contributed by atoms with Crippen molar-refractivity contribution in [1.82, 2.24) is 4.90 Å². The van der Waals surface area contributed by atoms with Crippen LogP contribution in [-0.4, -0.2) is 43.4 Å². The number of primary amides is 1. The van der Waals surface area contributed by atoms with Gasteiger partial charge in [-0.15, -0.1) is 0 Å². The van der Waals surface area contributed by atoms with Gasteiger partial charge in [0.05, 0.1) is 0 Å². The van der Waals surface area contributed by atoms with E-state index in [-0.39, 0.29) is 6.04 Å². The number of nitrogens with two attached hydrogens (primary N) is 1. The molecule has 0 aromatic carbocycles. The molecule has 0 heterocycles. The second-order valence-corrected chi connectivity index (χ2v) is 3.92. The average molecular weight is 204 g/mol. The van der Waals surface area contributed by atoms with Crippen LogP contribution in [0.3, 0.4) is 0 Å². The van der Waals surface area contributed by atoms with E-state index in [9.17, 15) is 9.18 Å². The van der Waals surface area contributed by atoms with E-state index >= 15 is 0 Å². The quantitative estimate of drug-likeness (QED) is 0.727. The predicted molar refractivity (Wildman–Crippen MR) is 50.7 cm³/mol. The summed E-state index contributed by atoms with van der Waals surface area (Å²) in [4.78, 5) is 12.4. The molecular formula is C9H17FN2O2. The number of rotatable bonds is 2. The van der Waals surface area contributed by atoms with Crippen molar-refractivity contribution in [1.29, 1.82) is 0 Å². The van der Waals surface area contributed by atoms with E-state index in [2.05, 4.69) is 4.74 Å². The fraction of sp³-hybridized carbons (Fsp3) is 0.889. The first-order valence-corrected chi connectivity index (χ1v) is 4.77. The van der Waals surface area contributed by atoms with Crippen LogP contribution in [0.1, 0.15) is 19.3 Å². The van der Waals surface area contributed by atoms with Crippen LogP contribution in [0.2, 0.25) is 0 Å². The van der Waals surface area contributed by atoms with Crippen LogP contribution in [0.15, 0.2) is 0 Å². The van der Waals surface area contributed by atoms with Crippen molar-refractivity contribution in [3.8, 4) is 0 Å². The monoisotopic (exact) mass is 204 g/mol.